The van der Waals surface area contributed by atoms with Gasteiger partial charge >= 0.3 is 6.18 Å². The lowest BCUT2D eigenvalue weighted by atomic mass is 9.64. The molecule has 0 amide bonds. The Labute approximate surface area is 121 Å². The molecule has 0 bridgehead atoms. The lowest BCUT2D eigenvalue weighted by Crippen LogP contribution is -2.58. The van der Waals surface area contributed by atoms with Gasteiger partial charge in [-0.05, 0) is 31.5 Å². The second kappa shape index (κ2) is 5.48. The molecule has 0 spiro atoms. The summed E-state index contributed by atoms with van der Waals surface area (Å²) in [5.74, 6) is -1.26. The highest BCUT2D eigenvalue weighted by atomic mass is 19.4. The summed E-state index contributed by atoms with van der Waals surface area (Å²) in [6.07, 6.45) is -3.88. The molecule has 2 unspecified atom stereocenters. The summed E-state index contributed by atoms with van der Waals surface area (Å²) in [6.45, 7) is 6.52. The fourth-order valence-electron chi connectivity index (χ4n) is 2.65. The van der Waals surface area contributed by atoms with Crippen molar-refractivity contribution in [2.24, 2.45) is 5.41 Å². The van der Waals surface area contributed by atoms with E-state index in [-0.39, 0.29) is 23.2 Å². The lowest BCUT2D eigenvalue weighted by Gasteiger charge is -2.52. The van der Waals surface area contributed by atoms with Gasteiger partial charge in [0.25, 0.3) is 0 Å². The second-order valence-corrected chi connectivity index (χ2v) is 5.89. The molecule has 21 heavy (non-hydrogen) atoms. The van der Waals surface area contributed by atoms with Gasteiger partial charge in [-0.15, -0.1) is 0 Å². The first-order chi connectivity index (χ1) is 9.66. The van der Waals surface area contributed by atoms with Crippen molar-refractivity contribution in [3.8, 4) is 0 Å². The topological polar surface area (TPSA) is 21.3 Å². The predicted molar refractivity (Wildman–Crippen MR) is 72.6 cm³/mol. The van der Waals surface area contributed by atoms with E-state index in [0.717, 1.165) is 18.6 Å². The van der Waals surface area contributed by atoms with E-state index in [4.69, 9.17) is 4.74 Å². The SMILES string of the molecule is CCOC1CC(Nc2ccc(F)c(C(F)(F)F)c2)C1(C)C. The molecule has 1 N–H and O–H groups in total. The van der Waals surface area contributed by atoms with Gasteiger partial charge in [-0.25, -0.2) is 4.39 Å². The highest BCUT2D eigenvalue weighted by Crippen LogP contribution is 2.44. The van der Waals surface area contributed by atoms with Gasteiger partial charge in [0.2, 0.25) is 0 Å². The molecule has 1 aliphatic carbocycles. The van der Waals surface area contributed by atoms with Crippen molar-refractivity contribution in [2.45, 2.75) is 45.5 Å². The molecule has 118 valence electrons. The van der Waals surface area contributed by atoms with Crippen LogP contribution in [0.1, 0.15) is 32.8 Å². The molecule has 6 heteroatoms. The molecular weight excluding hydrogens is 286 g/mol. The molecule has 1 aliphatic rings. The number of ether oxygens (including phenoxy) is 1. The molecule has 0 aromatic heterocycles. The zero-order valence-corrected chi connectivity index (χ0v) is 12.2. The molecule has 0 saturated heterocycles. The molecule has 2 nitrogen and oxygen atoms in total. The van der Waals surface area contributed by atoms with Crippen LogP contribution in [0, 0.1) is 11.2 Å². The maximum atomic E-state index is 13.2. The number of anilines is 1. The Morgan fingerprint density at radius 3 is 2.52 bits per heavy atom. The number of alkyl halides is 3. The summed E-state index contributed by atoms with van der Waals surface area (Å²) < 4.78 is 56.9. The zero-order chi connectivity index (χ0) is 15.8. The minimum Gasteiger partial charge on any atom is -0.382 e. The zero-order valence-electron chi connectivity index (χ0n) is 12.2. The fourth-order valence-corrected chi connectivity index (χ4v) is 2.65. The van der Waals surface area contributed by atoms with Crippen molar-refractivity contribution in [3.63, 3.8) is 0 Å². The first-order valence-electron chi connectivity index (χ1n) is 6.91. The van der Waals surface area contributed by atoms with Crippen molar-refractivity contribution in [1.29, 1.82) is 0 Å². The summed E-state index contributed by atoms with van der Waals surface area (Å²) in [6, 6.07) is 2.99. The number of benzene rings is 1. The van der Waals surface area contributed by atoms with Crippen LogP contribution in [0.3, 0.4) is 0 Å². The Morgan fingerprint density at radius 1 is 1.33 bits per heavy atom. The maximum absolute atomic E-state index is 13.2. The van der Waals surface area contributed by atoms with Gasteiger partial charge in [0.15, 0.2) is 0 Å². The van der Waals surface area contributed by atoms with Crippen molar-refractivity contribution < 1.29 is 22.3 Å². The third-order valence-electron chi connectivity index (χ3n) is 4.16. The molecule has 1 aromatic rings. The molecular formula is C15H19F4NO. The monoisotopic (exact) mass is 305 g/mol. The smallest absolute Gasteiger partial charge is 0.382 e. The van der Waals surface area contributed by atoms with Crippen LogP contribution in [0.25, 0.3) is 0 Å². The van der Waals surface area contributed by atoms with Gasteiger partial charge < -0.3 is 10.1 Å². The highest BCUT2D eigenvalue weighted by molar-refractivity contribution is 5.49. The van der Waals surface area contributed by atoms with Gasteiger partial charge in [0.05, 0.1) is 11.7 Å². The van der Waals surface area contributed by atoms with Crippen LogP contribution in [0.4, 0.5) is 23.2 Å². The van der Waals surface area contributed by atoms with Crippen LogP contribution < -0.4 is 5.32 Å². The molecule has 0 heterocycles. The third-order valence-corrected chi connectivity index (χ3v) is 4.16. The first kappa shape index (κ1) is 16.1. The molecule has 1 aromatic carbocycles. The number of hydrogen-bond acceptors (Lipinski definition) is 2. The van der Waals surface area contributed by atoms with E-state index in [1.165, 1.54) is 6.07 Å². The molecule has 2 rings (SSSR count). The Bertz CT molecular complexity index is 513. The number of rotatable bonds is 4. The van der Waals surface area contributed by atoms with E-state index >= 15 is 0 Å². The van der Waals surface area contributed by atoms with Gasteiger partial charge in [-0.3, -0.25) is 0 Å². The Hall–Kier alpha value is -1.30. The number of nitrogens with one attached hydrogen (secondary N) is 1. The Balaban J connectivity index is 2.12. The van der Waals surface area contributed by atoms with Crippen LogP contribution in [-0.4, -0.2) is 18.8 Å². The average molecular weight is 305 g/mol. The van der Waals surface area contributed by atoms with Crippen molar-refractivity contribution >= 4 is 5.69 Å². The first-order valence-corrected chi connectivity index (χ1v) is 6.91. The van der Waals surface area contributed by atoms with Crippen LogP contribution >= 0.6 is 0 Å². The predicted octanol–water partition coefficient (Wildman–Crippen LogP) is 4.46. The summed E-state index contributed by atoms with van der Waals surface area (Å²) in [5.41, 5.74) is -1.15. The van der Waals surface area contributed by atoms with Crippen molar-refractivity contribution in [3.05, 3.63) is 29.6 Å². The third kappa shape index (κ3) is 3.15. The number of hydrogen-bond donors (Lipinski definition) is 1. The van der Waals surface area contributed by atoms with E-state index in [0.29, 0.717) is 6.61 Å². The normalized spacial score (nSPS) is 24.5. The molecule has 2 atom stereocenters. The number of halogens is 4. The molecule has 0 radical (unpaired) electrons. The molecule has 1 saturated carbocycles. The van der Waals surface area contributed by atoms with Crippen LogP contribution in [0.5, 0.6) is 0 Å². The average Bonchev–Trinajstić information content (AvgIpc) is 2.38. The Morgan fingerprint density at radius 2 is 2.00 bits per heavy atom. The molecule has 0 aliphatic heterocycles. The largest absolute Gasteiger partial charge is 0.419 e. The van der Waals surface area contributed by atoms with Gasteiger partial charge in [0, 0.05) is 23.8 Å². The van der Waals surface area contributed by atoms with Crippen LogP contribution in [0.15, 0.2) is 18.2 Å². The summed E-state index contributed by atoms with van der Waals surface area (Å²) >= 11 is 0. The van der Waals surface area contributed by atoms with Crippen LogP contribution in [-0.2, 0) is 10.9 Å². The van der Waals surface area contributed by atoms with E-state index in [2.05, 4.69) is 5.32 Å². The van der Waals surface area contributed by atoms with E-state index in [1.807, 2.05) is 20.8 Å². The fraction of sp³-hybridized carbons (Fsp3) is 0.600. The lowest BCUT2D eigenvalue weighted by molar-refractivity contribution is -0.139. The van der Waals surface area contributed by atoms with Crippen molar-refractivity contribution in [1.82, 2.24) is 0 Å². The van der Waals surface area contributed by atoms with Gasteiger partial charge in [-0.2, -0.15) is 13.2 Å². The summed E-state index contributed by atoms with van der Waals surface area (Å²) in [4.78, 5) is 0. The molecule has 1 fully saturated rings. The quantitative estimate of drug-likeness (QED) is 0.829. The van der Waals surface area contributed by atoms with Crippen LogP contribution in [0.2, 0.25) is 0 Å². The minimum atomic E-state index is -4.69. The summed E-state index contributed by atoms with van der Waals surface area (Å²) in [5, 5.41) is 3.05. The Kier molecular flexibility index (Phi) is 4.19. The summed E-state index contributed by atoms with van der Waals surface area (Å²) in [7, 11) is 0. The highest BCUT2D eigenvalue weighted by Gasteiger charge is 2.49. The minimum absolute atomic E-state index is 0.000551. The van der Waals surface area contributed by atoms with E-state index in [1.54, 1.807) is 0 Å². The van der Waals surface area contributed by atoms with E-state index < -0.39 is 17.6 Å². The van der Waals surface area contributed by atoms with Gasteiger partial charge in [-0.1, -0.05) is 13.8 Å². The maximum Gasteiger partial charge on any atom is 0.419 e. The van der Waals surface area contributed by atoms with Gasteiger partial charge in [0.1, 0.15) is 5.82 Å². The van der Waals surface area contributed by atoms with E-state index in [9.17, 15) is 17.6 Å². The standard InChI is InChI=1S/C15H19F4NO/c1-4-21-13-8-12(14(13,2)3)20-9-5-6-11(16)10(7-9)15(17,18)19/h5-7,12-13,20H,4,8H2,1-3H3. The second-order valence-electron chi connectivity index (χ2n) is 5.89. The van der Waals surface area contributed by atoms with Crippen molar-refractivity contribution in [2.75, 3.05) is 11.9 Å².